The second-order valence-corrected chi connectivity index (χ2v) is 7.70. The molecule has 2 rings (SSSR count). The van der Waals surface area contributed by atoms with E-state index in [1.54, 1.807) is 4.46 Å². The van der Waals surface area contributed by atoms with Crippen LogP contribution in [0.1, 0.15) is 25.7 Å². The molecule has 0 heterocycles. The molecule has 0 bridgehead atoms. The Morgan fingerprint density at radius 3 is 2.50 bits per heavy atom. The molecule has 0 unspecified atom stereocenters. The normalized spacial score (nSPS) is 27.5. The minimum absolute atomic E-state index is 0.663. The molecule has 1 fully saturated rings. The van der Waals surface area contributed by atoms with Crippen LogP contribution in [0.4, 0.5) is 0 Å². The number of halogens is 1. The number of hydrogen-bond acceptors (Lipinski definition) is 0. The summed E-state index contributed by atoms with van der Waals surface area (Å²) < 4.78 is 1.55. The minimum atomic E-state index is 0.663. The van der Waals surface area contributed by atoms with Gasteiger partial charge in [-0.1, -0.05) is 0 Å². The van der Waals surface area contributed by atoms with Crippen LogP contribution < -0.4 is 4.46 Å². The van der Waals surface area contributed by atoms with Crippen molar-refractivity contribution in [3.05, 3.63) is 30.3 Å². The second kappa shape index (κ2) is 5.34. The zero-order valence-corrected chi connectivity index (χ0v) is 11.5. The number of benzene rings is 1. The Labute approximate surface area is 101 Å². The van der Waals surface area contributed by atoms with E-state index in [2.05, 4.69) is 46.3 Å². The SMILES string of the molecule is Br[C@@H]1CCCC[C@H]1[Se]c1ccccc1. The molecule has 0 spiro atoms. The molecule has 1 saturated carbocycles. The van der Waals surface area contributed by atoms with Crippen molar-refractivity contribution in [1.82, 2.24) is 0 Å². The van der Waals surface area contributed by atoms with Crippen LogP contribution in [-0.4, -0.2) is 19.8 Å². The zero-order valence-electron chi connectivity index (χ0n) is 8.16. The molecule has 1 aromatic carbocycles. The second-order valence-electron chi connectivity index (χ2n) is 3.77. The maximum atomic E-state index is 3.83. The van der Waals surface area contributed by atoms with Crippen LogP contribution in [0.15, 0.2) is 30.3 Å². The van der Waals surface area contributed by atoms with E-state index < -0.39 is 0 Å². The topological polar surface area (TPSA) is 0 Å². The molecular formula is C12H15BrSe. The average molecular weight is 318 g/mol. The molecule has 2 atom stereocenters. The van der Waals surface area contributed by atoms with E-state index >= 15 is 0 Å². The Balaban J connectivity index is 1.96. The molecule has 0 aromatic heterocycles. The van der Waals surface area contributed by atoms with Crippen LogP contribution in [0.2, 0.25) is 4.82 Å². The fourth-order valence-electron chi connectivity index (χ4n) is 1.86. The van der Waals surface area contributed by atoms with Gasteiger partial charge >= 0.3 is 101 Å². The van der Waals surface area contributed by atoms with Gasteiger partial charge in [-0.3, -0.25) is 0 Å². The first-order valence-electron chi connectivity index (χ1n) is 5.22. The monoisotopic (exact) mass is 318 g/mol. The molecule has 1 aliphatic carbocycles. The molecule has 0 nitrogen and oxygen atoms in total. The third-order valence-corrected chi connectivity index (χ3v) is 7.50. The third kappa shape index (κ3) is 2.85. The van der Waals surface area contributed by atoms with Crippen LogP contribution in [0.5, 0.6) is 0 Å². The van der Waals surface area contributed by atoms with E-state index in [9.17, 15) is 0 Å². The summed E-state index contributed by atoms with van der Waals surface area (Å²) in [6, 6.07) is 11.0. The average Bonchev–Trinajstić information content (AvgIpc) is 2.23. The van der Waals surface area contributed by atoms with Gasteiger partial charge in [0.2, 0.25) is 0 Å². The summed E-state index contributed by atoms with van der Waals surface area (Å²) in [6.45, 7) is 0. The van der Waals surface area contributed by atoms with Gasteiger partial charge in [0.05, 0.1) is 0 Å². The summed E-state index contributed by atoms with van der Waals surface area (Å²) in [7, 11) is 0. The Bertz CT molecular complexity index is 273. The van der Waals surface area contributed by atoms with E-state index in [-0.39, 0.29) is 0 Å². The van der Waals surface area contributed by atoms with Gasteiger partial charge in [0.1, 0.15) is 0 Å². The zero-order chi connectivity index (χ0) is 9.80. The van der Waals surface area contributed by atoms with Gasteiger partial charge in [-0.05, 0) is 0 Å². The van der Waals surface area contributed by atoms with Crippen molar-refractivity contribution in [2.75, 3.05) is 0 Å². The molecule has 14 heavy (non-hydrogen) atoms. The van der Waals surface area contributed by atoms with Gasteiger partial charge in [0.15, 0.2) is 0 Å². The molecule has 0 radical (unpaired) electrons. The van der Waals surface area contributed by atoms with Crippen molar-refractivity contribution in [1.29, 1.82) is 0 Å². The van der Waals surface area contributed by atoms with Gasteiger partial charge < -0.3 is 0 Å². The van der Waals surface area contributed by atoms with Crippen molar-refractivity contribution in [3.63, 3.8) is 0 Å². The van der Waals surface area contributed by atoms with Crippen molar-refractivity contribution >= 4 is 35.3 Å². The van der Waals surface area contributed by atoms with Gasteiger partial charge in [-0.2, -0.15) is 0 Å². The molecular weight excluding hydrogens is 303 g/mol. The Morgan fingerprint density at radius 2 is 1.79 bits per heavy atom. The summed E-state index contributed by atoms with van der Waals surface area (Å²) >= 11 is 4.49. The quantitative estimate of drug-likeness (QED) is 0.580. The fourth-order valence-corrected chi connectivity index (χ4v) is 5.59. The maximum absolute atomic E-state index is 3.83. The van der Waals surface area contributed by atoms with Gasteiger partial charge in [-0.15, -0.1) is 0 Å². The molecule has 1 aromatic rings. The number of alkyl halides is 1. The molecule has 0 N–H and O–H groups in total. The number of rotatable bonds is 2. The predicted octanol–water partition coefficient (Wildman–Crippen LogP) is 3.14. The third-order valence-electron chi connectivity index (χ3n) is 2.65. The van der Waals surface area contributed by atoms with Crippen molar-refractivity contribution < 1.29 is 0 Å². The summed E-state index contributed by atoms with van der Waals surface area (Å²) in [5.74, 6) is 0. The number of hydrogen-bond donors (Lipinski definition) is 0. The van der Waals surface area contributed by atoms with E-state index in [1.165, 1.54) is 25.7 Å². The van der Waals surface area contributed by atoms with Crippen LogP contribution in [-0.2, 0) is 0 Å². The van der Waals surface area contributed by atoms with Gasteiger partial charge in [0.25, 0.3) is 0 Å². The standard InChI is InChI=1S/C12H15BrSe/c13-11-8-4-5-9-12(11)14-10-6-2-1-3-7-10/h1-3,6-7,11-12H,4-5,8-9H2/t11-,12-/m1/s1. The van der Waals surface area contributed by atoms with Crippen LogP contribution in [0.25, 0.3) is 0 Å². The molecule has 0 aliphatic heterocycles. The van der Waals surface area contributed by atoms with Crippen molar-refractivity contribution in [2.45, 2.75) is 35.3 Å². The van der Waals surface area contributed by atoms with Crippen LogP contribution in [0, 0.1) is 0 Å². The van der Waals surface area contributed by atoms with E-state index in [0.717, 1.165) is 9.64 Å². The van der Waals surface area contributed by atoms with Gasteiger partial charge in [0, 0.05) is 0 Å². The van der Waals surface area contributed by atoms with Crippen molar-refractivity contribution in [3.8, 4) is 0 Å². The Morgan fingerprint density at radius 1 is 1.07 bits per heavy atom. The van der Waals surface area contributed by atoms with E-state index in [1.807, 2.05) is 0 Å². The molecule has 1 aliphatic rings. The molecule has 0 amide bonds. The van der Waals surface area contributed by atoms with E-state index in [4.69, 9.17) is 0 Å². The summed E-state index contributed by atoms with van der Waals surface area (Å²) in [6.07, 6.45) is 5.64. The Hall–Kier alpha value is 0.219. The Kier molecular flexibility index (Phi) is 4.09. The first kappa shape index (κ1) is 10.7. The fraction of sp³-hybridized carbons (Fsp3) is 0.500. The first-order valence-corrected chi connectivity index (χ1v) is 7.98. The van der Waals surface area contributed by atoms with Crippen LogP contribution in [0.3, 0.4) is 0 Å². The summed E-state index contributed by atoms with van der Waals surface area (Å²) in [4.78, 5) is 1.69. The van der Waals surface area contributed by atoms with E-state index in [0.29, 0.717) is 15.0 Å². The molecule has 76 valence electrons. The molecule has 2 heteroatoms. The predicted molar refractivity (Wildman–Crippen MR) is 66.8 cm³/mol. The van der Waals surface area contributed by atoms with Crippen molar-refractivity contribution in [2.24, 2.45) is 0 Å². The molecule has 0 saturated heterocycles. The van der Waals surface area contributed by atoms with Gasteiger partial charge in [-0.25, -0.2) is 0 Å². The summed E-state index contributed by atoms with van der Waals surface area (Å²) in [5, 5.41) is 0. The summed E-state index contributed by atoms with van der Waals surface area (Å²) in [5.41, 5.74) is 0. The first-order chi connectivity index (χ1) is 6.86. The van der Waals surface area contributed by atoms with Crippen LogP contribution >= 0.6 is 15.9 Å².